The first-order valence-electron chi connectivity index (χ1n) is 6.80. The maximum atomic E-state index is 11.4. The maximum Gasteiger partial charge on any atom is 0.226 e. The Morgan fingerprint density at radius 3 is 2.58 bits per heavy atom. The second kappa shape index (κ2) is 5.72. The molecular formula is C15H21NO3. The number of rotatable bonds is 2. The van der Waals surface area contributed by atoms with Crippen LogP contribution in [-0.4, -0.2) is 19.1 Å². The summed E-state index contributed by atoms with van der Waals surface area (Å²) in [7, 11) is 0. The highest BCUT2D eigenvalue weighted by atomic mass is 16.7. The van der Waals surface area contributed by atoms with Gasteiger partial charge in [0.2, 0.25) is 5.91 Å². The number of hydrogen-bond donors (Lipinski definition) is 1. The van der Waals surface area contributed by atoms with Crippen molar-refractivity contribution in [2.45, 2.75) is 26.6 Å². The van der Waals surface area contributed by atoms with Gasteiger partial charge in [-0.05, 0) is 6.42 Å². The zero-order valence-corrected chi connectivity index (χ0v) is 11.5. The molecule has 1 aromatic carbocycles. The Balaban J connectivity index is 0.000000637. The van der Waals surface area contributed by atoms with Crippen molar-refractivity contribution in [1.29, 1.82) is 0 Å². The van der Waals surface area contributed by atoms with E-state index in [1.807, 2.05) is 44.2 Å². The minimum Gasteiger partial charge on any atom is -0.369 e. The minimum atomic E-state index is -0.469. The Morgan fingerprint density at radius 1 is 1.26 bits per heavy atom. The van der Waals surface area contributed by atoms with Gasteiger partial charge in [-0.1, -0.05) is 44.2 Å². The summed E-state index contributed by atoms with van der Waals surface area (Å²) in [6, 6.07) is 9.74. The highest BCUT2D eigenvalue weighted by Crippen LogP contribution is 2.55. The standard InChI is InChI=1S/C13H15NO3.C2H6/c14-12(15)13-6-10(13)7-16-11(17-8-13)9-4-2-1-3-5-9;1-2/h1-5,10-11H,6-8H2,(H2,14,15);1-2H3. The van der Waals surface area contributed by atoms with Crippen LogP contribution in [0.2, 0.25) is 0 Å². The maximum absolute atomic E-state index is 11.4. The summed E-state index contributed by atoms with van der Waals surface area (Å²) in [6.45, 7) is 4.91. The zero-order valence-electron chi connectivity index (χ0n) is 11.5. The molecule has 0 spiro atoms. The van der Waals surface area contributed by atoms with Gasteiger partial charge in [-0.25, -0.2) is 0 Å². The van der Waals surface area contributed by atoms with Crippen LogP contribution in [0, 0.1) is 11.3 Å². The summed E-state index contributed by atoms with van der Waals surface area (Å²) < 4.78 is 11.4. The Hall–Kier alpha value is -1.39. The molecule has 1 saturated carbocycles. The first-order valence-corrected chi connectivity index (χ1v) is 6.80. The lowest BCUT2D eigenvalue weighted by atomic mass is 10.1. The number of fused-ring (bicyclic) bond motifs is 1. The topological polar surface area (TPSA) is 61.6 Å². The third kappa shape index (κ3) is 2.65. The smallest absolute Gasteiger partial charge is 0.226 e. The molecule has 4 nitrogen and oxygen atoms in total. The third-order valence-corrected chi connectivity index (χ3v) is 3.74. The van der Waals surface area contributed by atoms with Crippen molar-refractivity contribution in [2.75, 3.05) is 13.2 Å². The lowest BCUT2D eigenvalue weighted by Crippen LogP contribution is -2.30. The first-order chi connectivity index (χ1) is 9.22. The van der Waals surface area contributed by atoms with Gasteiger partial charge in [0.1, 0.15) is 0 Å². The molecule has 0 aromatic heterocycles. The average molecular weight is 263 g/mol. The van der Waals surface area contributed by atoms with Crippen molar-refractivity contribution in [1.82, 2.24) is 0 Å². The Labute approximate surface area is 113 Å². The summed E-state index contributed by atoms with van der Waals surface area (Å²) in [4.78, 5) is 11.4. The van der Waals surface area contributed by atoms with Crippen molar-refractivity contribution in [2.24, 2.45) is 17.1 Å². The Morgan fingerprint density at radius 2 is 1.95 bits per heavy atom. The van der Waals surface area contributed by atoms with E-state index in [4.69, 9.17) is 15.2 Å². The number of ether oxygens (including phenoxy) is 2. The number of amides is 1. The van der Waals surface area contributed by atoms with Gasteiger partial charge in [0.05, 0.1) is 18.6 Å². The van der Waals surface area contributed by atoms with Gasteiger partial charge in [0.15, 0.2) is 6.29 Å². The molecular weight excluding hydrogens is 242 g/mol. The molecule has 1 aliphatic carbocycles. The molecule has 3 atom stereocenters. The van der Waals surface area contributed by atoms with Crippen LogP contribution in [-0.2, 0) is 14.3 Å². The SMILES string of the molecule is CC.NC(=O)C12COC(c3ccccc3)OCC1C2. The molecule has 4 heteroatoms. The monoisotopic (exact) mass is 263 g/mol. The molecule has 3 rings (SSSR count). The van der Waals surface area contributed by atoms with Crippen LogP contribution in [0.3, 0.4) is 0 Å². The summed E-state index contributed by atoms with van der Waals surface area (Å²) in [5.41, 5.74) is 5.93. The summed E-state index contributed by atoms with van der Waals surface area (Å²) in [5.74, 6) is -0.0338. The predicted octanol–water partition coefficient (Wildman–Crippen LogP) is 2.25. The van der Waals surface area contributed by atoms with E-state index in [0.717, 1.165) is 12.0 Å². The number of hydrogen-bond acceptors (Lipinski definition) is 3. The van der Waals surface area contributed by atoms with E-state index in [2.05, 4.69) is 0 Å². The molecule has 1 amide bonds. The number of benzene rings is 1. The second-order valence-corrected chi connectivity index (χ2v) is 4.81. The number of primary amides is 1. The fraction of sp³-hybridized carbons (Fsp3) is 0.533. The minimum absolute atomic E-state index is 0.230. The first kappa shape index (κ1) is 14.0. The fourth-order valence-corrected chi connectivity index (χ4v) is 2.43. The van der Waals surface area contributed by atoms with Crippen molar-refractivity contribution in [3.05, 3.63) is 35.9 Å². The third-order valence-electron chi connectivity index (χ3n) is 3.74. The Bertz CT molecular complexity index is 434. The second-order valence-electron chi connectivity index (χ2n) is 4.81. The zero-order chi connectivity index (χ0) is 13.9. The number of nitrogens with two attached hydrogens (primary N) is 1. The number of carbonyl (C=O) groups excluding carboxylic acids is 1. The van der Waals surface area contributed by atoms with Crippen molar-refractivity contribution < 1.29 is 14.3 Å². The van der Waals surface area contributed by atoms with Gasteiger partial charge in [-0.2, -0.15) is 0 Å². The van der Waals surface area contributed by atoms with E-state index in [1.165, 1.54) is 0 Å². The van der Waals surface area contributed by atoms with Crippen molar-refractivity contribution >= 4 is 5.91 Å². The molecule has 1 aliphatic heterocycles. The highest BCUT2D eigenvalue weighted by Gasteiger charge is 2.60. The predicted molar refractivity (Wildman–Crippen MR) is 72.2 cm³/mol. The van der Waals surface area contributed by atoms with E-state index in [-0.39, 0.29) is 18.1 Å². The van der Waals surface area contributed by atoms with Crippen molar-refractivity contribution in [3.8, 4) is 0 Å². The lowest BCUT2D eigenvalue weighted by molar-refractivity contribution is -0.146. The van der Waals surface area contributed by atoms with Crippen LogP contribution in [0.1, 0.15) is 32.1 Å². The molecule has 2 aliphatic rings. The molecule has 104 valence electrons. The van der Waals surface area contributed by atoms with Crippen LogP contribution in [0.4, 0.5) is 0 Å². The normalized spacial score (nSPS) is 32.3. The molecule has 3 unspecified atom stereocenters. The van der Waals surface area contributed by atoms with Gasteiger partial charge in [0.25, 0.3) is 0 Å². The Kier molecular flexibility index (Phi) is 4.22. The van der Waals surface area contributed by atoms with E-state index in [9.17, 15) is 4.79 Å². The summed E-state index contributed by atoms with van der Waals surface area (Å²) >= 11 is 0. The molecule has 1 heterocycles. The summed E-state index contributed by atoms with van der Waals surface area (Å²) in [6.07, 6.45) is 0.421. The average Bonchev–Trinajstić information content (AvgIpc) is 3.17. The number of carbonyl (C=O) groups is 1. The molecule has 19 heavy (non-hydrogen) atoms. The van der Waals surface area contributed by atoms with Gasteiger partial charge < -0.3 is 15.2 Å². The van der Waals surface area contributed by atoms with Crippen LogP contribution in [0.25, 0.3) is 0 Å². The van der Waals surface area contributed by atoms with Gasteiger partial charge in [0, 0.05) is 11.5 Å². The molecule has 2 N–H and O–H groups in total. The van der Waals surface area contributed by atoms with Crippen LogP contribution < -0.4 is 5.73 Å². The van der Waals surface area contributed by atoms with Gasteiger partial charge in [-0.15, -0.1) is 0 Å². The van der Waals surface area contributed by atoms with E-state index in [0.29, 0.717) is 13.2 Å². The fourth-order valence-electron chi connectivity index (χ4n) is 2.43. The van der Waals surface area contributed by atoms with Crippen LogP contribution in [0.15, 0.2) is 30.3 Å². The van der Waals surface area contributed by atoms with E-state index >= 15 is 0 Å². The lowest BCUT2D eigenvalue weighted by Gasteiger charge is -2.17. The molecule has 1 saturated heterocycles. The van der Waals surface area contributed by atoms with Crippen LogP contribution >= 0.6 is 0 Å². The molecule has 0 radical (unpaired) electrons. The quantitative estimate of drug-likeness (QED) is 0.890. The van der Waals surface area contributed by atoms with E-state index in [1.54, 1.807) is 0 Å². The summed E-state index contributed by atoms with van der Waals surface area (Å²) in [5, 5.41) is 0. The molecule has 2 fully saturated rings. The molecule has 0 bridgehead atoms. The largest absolute Gasteiger partial charge is 0.369 e. The van der Waals surface area contributed by atoms with Gasteiger partial charge in [-0.3, -0.25) is 4.79 Å². The highest BCUT2D eigenvalue weighted by molar-refractivity contribution is 5.84. The van der Waals surface area contributed by atoms with Gasteiger partial charge >= 0.3 is 0 Å². The van der Waals surface area contributed by atoms with Crippen LogP contribution in [0.5, 0.6) is 0 Å². The van der Waals surface area contributed by atoms with E-state index < -0.39 is 5.41 Å². The molecule has 1 aromatic rings. The van der Waals surface area contributed by atoms with Crippen molar-refractivity contribution in [3.63, 3.8) is 0 Å².